The molecule has 20 heavy (non-hydrogen) atoms. The molecule has 0 radical (unpaired) electrons. The van der Waals surface area contributed by atoms with Gasteiger partial charge in [-0.25, -0.2) is 0 Å². The van der Waals surface area contributed by atoms with Crippen molar-refractivity contribution in [3.63, 3.8) is 0 Å². The fourth-order valence-corrected chi connectivity index (χ4v) is 2.99. The van der Waals surface area contributed by atoms with Crippen molar-refractivity contribution in [2.24, 2.45) is 11.3 Å². The number of amides is 2. The summed E-state index contributed by atoms with van der Waals surface area (Å²) in [5.41, 5.74) is 0.0409. The van der Waals surface area contributed by atoms with Gasteiger partial charge >= 0.3 is 6.18 Å². The molecule has 0 bridgehead atoms. The maximum atomic E-state index is 12.0. The number of hydrogen-bond donors (Lipinski definition) is 1. The molecule has 1 saturated carbocycles. The van der Waals surface area contributed by atoms with Crippen LogP contribution in [0, 0.1) is 11.3 Å². The molecule has 0 aromatic carbocycles. The SMILES string of the molecule is CC1(C)CN(C(=O)CC(=O)NCC(F)(F)F)C1C1CC1. The number of halogens is 3. The van der Waals surface area contributed by atoms with E-state index in [1.807, 2.05) is 0 Å². The third-order valence-corrected chi connectivity index (χ3v) is 3.90. The zero-order valence-electron chi connectivity index (χ0n) is 11.6. The van der Waals surface area contributed by atoms with Crippen molar-refractivity contribution in [1.82, 2.24) is 10.2 Å². The second-order valence-corrected chi connectivity index (χ2v) is 6.36. The molecular formula is C13H19F3N2O2. The summed E-state index contributed by atoms with van der Waals surface area (Å²) < 4.78 is 35.9. The smallest absolute Gasteiger partial charge is 0.347 e. The number of likely N-dealkylation sites (tertiary alicyclic amines) is 1. The minimum atomic E-state index is -4.45. The van der Waals surface area contributed by atoms with Crippen LogP contribution in [0.3, 0.4) is 0 Å². The van der Waals surface area contributed by atoms with Crippen LogP contribution in [-0.4, -0.2) is 42.0 Å². The standard InChI is InChI=1S/C13H19F3N2O2/c1-12(2)7-18(11(12)8-3-4-8)10(20)5-9(19)17-6-13(14,15)16/h8,11H,3-7H2,1-2H3,(H,17,19). The van der Waals surface area contributed by atoms with E-state index in [0.29, 0.717) is 12.5 Å². The largest absolute Gasteiger partial charge is 0.405 e. The Morgan fingerprint density at radius 1 is 1.30 bits per heavy atom. The first kappa shape index (κ1) is 15.1. The molecule has 1 saturated heterocycles. The minimum absolute atomic E-state index is 0.0409. The summed E-state index contributed by atoms with van der Waals surface area (Å²) in [4.78, 5) is 25.0. The molecule has 1 heterocycles. The number of nitrogens with zero attached hydrogens (tertiary/aromatic N) is 1. The third-order valence-electron chi connectivity index (χ3n) is 3.90. The lowest BCUT2D eigenvalue weighted by molar-refractivity contribution is -0.156. The number of carbonyl (C=O) groups is 2. The van der Waals surface area contributed by atoms with Crippen molar-refractivity contribution in [2.75, 3.05) is 13.1 Å². The molecule has 2 aliphatic rings. The fraction of sp³-hybridized carbons (Fsp3) is 0.846. The zero-order valence-corrected chi connectivity index (χ0v) is 11.6. The number of rotatable bonds is 4. The average molecular weight is 292 g/mol. The molecule has 114 valence electrons. The average Bonchev–Trinajstić information content (AvgIpc) is 3.06. The summed E-state index contributed by atoms with van der Waals surface area (Å²) in [5.74, 6) is -0.756. The highest BCUT2D eigenvalue weighted by atomic mass is 19.4. The van der Waals surface area contributed by atoms with E-state index in [1.165, 1.54) is 0 Å². The van der Waals surface area contributed by atoms with Crippen LogP contribution in [0.25, 0.3) is 0 Å². The molecule has 0 aromatic heterocycles. The van der Waals surface area contributed by atoms with Crippen molar-refractivity contribution in [3.05, 3.63) is 0 Å². The molecule has 1 atom stereocenters. The van der Waals surface area contributed by atoms with Crippen molar-refractivity contribution < 1.29 is 22.8 Å². The lowest BCUT2D eigenvalue weighted by Crippen LogP contribution is -2.65. The van der Waals surface area contributed by atoms with Crippen LogP contribution in [0.2, 0.25) is 0 Å². The van der Waals surface area contributed by atoms with Crippen LogP contribution in [0.1, 0.15) is 33.1 Å². The van der Waals surface area contributed by atoms with E-state index in [4.69, 9.17) is 0 Å². The molecule has 0 spiro atoms. The Morgan fingerprint density at radius 2 is 1.90 bits per heavy atom. The molecule has 1 unspecified atom stereocenters. The molecule has 0 aromatic rings. The maximum absolute atomic E-state index is 12.0. The lowest BCUT2D eigenvalue weighted by atomic mass is 9.72. The van der Waals surface area contributed by atoms with Crippen molar-refractivity contribution in [1.29, 1.82) is 0 Å². The molecule has 7 heteroatoms. The highest BCUT2D eigenvalue weighted by Crippen LogP contribution is 2.50. The van der Waals surface area contributed by atoms with Crippen LogP contribution in [0.5, 0.6) is 0 Å². The number of alkyl halides is 3. The quantitative estimate of drug-likeness (QED) is 0.802. The Hall–Kier alpha value is -1.27. The van der Waals surface area contributed by atoms with Gasteiger partial charge in [0.25, 0.3) is 0 Å². The molecule has 1 aliphatic carbocycles. The number of hydrogen-bond acceptors (Lipinski definition) is 2. The normalized spacial score (nSPS) is 25.1. The van der Waals surface area contributed by atoms with E-state index in [1.54, 1.807) is 10.2 Å². The van der Waals surface area contributed by atoms with Crippen LogP contribution in [0.15, 0.2) is 0 Å². The summed E-state index contributed by atoms with van der Waals surface area (Å²) in [6.45, 7) is 3.32. The molecule has 4 nitrogen and oxygen atoms in total. The predicted octanol–water partition coefficient (Wildman–Crippen LogP) is 1.70. The lowest BCUT2D eigenvalue weighted by Gasteiger charge is -2.55. The van der Waals surface area contributed by atoms with Gasteiger partial charge < -0.3 is 10.2 Å². The summed E-state index contributed by atoms with van der Waals surface area (Å²) in [5, 5.41) is 1.73. The first-order valence-electron chi connectivity index (χ1n) is 6.73. The van der Waals surface area contributed by atoms with Gasteiger partial charge in [0.1, 0.15) is 13.0 Å². The van der Waals surface area contributed by atoms with Gasteiger partial charge in [-0.05, 0) is 18.8 Å². The van der Waals surface area contributed by atoms with Crippen LogP contribution < -0.4 is 5.32 Å². The molecular weight excluding hydrogens is 273 g/mol. The molecule has 1 N–H and O–H groups in total. The minimum Gasteiger partial charge on any atom is -0.347 e. The number of nitrogens with one attached hydrogen (secondary N) is 1. The van der Waals surface area contributed by atoms with Crippen LogP contribution in [0.4, 0.5) is 13.2 Å². The van der Waals surface area contributed by atoms with Gasteiger partial charge in [0, 0.05) is 18.0 Å². The zero-order chi connectivity index (χ0) is 15.1. The van der Waals surface area contributed by atoms with E-state index < -0.39 is 25.0 Å². The summed E-state index contributed by atoms with van der Waals surface area (Å²) >= 11 is 0. The Morgan fingerprint density at radius 3 is 2.35 bits per heavy atom. The van der Waals surface area contributed by atoms with E-state index in [0.717, 1.165) is 12.8 Å². The molecule has 2 amide bonds. The second-order valence-electron chi connectivity index (χ2n) is 6.36. The Kier molecular flexibility index (Phi) is 3.73. The highest BCUT2D eigenvalue weighted by molar-refractivity contribution is 5.97. The van der Waals surface area contributed by atoms with Gasteiger partial charge in [-0.2, -0.15) is 13.2 Å². The number of carbonyl (C=O) groups excluding carboxylic acids is 2. The van der Waals surface area contributed by atoms with Gasteiger partial charge in [0.15, 0.2) is 0 Å². The monoisotopic (exact) mass is 292 g/mol. The summed E-state index contributed by atoms with van der Waals surface area (Å²) in [6, 6.07) is 0.130. The predicted molar refractivity (Wildman–Crippen MR) is 65.7 cm³/mol. The van der Waals surface area contributed by atoms with Gasteiger partial charge in [0.05, 0.1) is 0 Å². The van der Waals surface area contributed by atoms with Crippen molar-refractivity contribution >= 4 is 11.8 Å². The van der Waals surface area contributed by atoms with Crippen molar-refractivity contribution in [2.45, 2.75) is 45.3 Å². The third kappa shape index (κ3) is 3.43. The molecule has 2 rings (SSSR count). The van der Waals surface area contributed by atoms with Gasteiger partial charge in [-0.1, -0.05) is 13.8 Å². The topological polar surface area (TPSA) is 49.4 Å². The first-order valence-corrected chi connectivity index (χ1v) is 6.73. The maximum Gasteiger partial charge on any atom is 0.405 e. The Balaban J connectivity index is 1.82. The van der Waals surface area contributed by atoms with Crippen LogP contribution in [-0.2, 0) is 9.59 Å². The van der Waals surface area contributed by atoms with Crippen LogP contribution >= 0.6 is 0 Å². The van der Waals surface area contributed by atoms with Gasteiger partial charge in [-0.15, -0.1) is 0 Å². The van der Waals surface area contributed by atoms with E-state index in [9.17, 15) is 22.8 Å². The Labute approximate surface area is 115 Å². The van der Waals surface area contributed by atoms with Crippen molar-refractivity contribution in [3.8, 4) is 0 Å². The van der Waals surface area contributed by atoms with E-state index in [-0.39, 0.29) is 17.4 Å². The molecule has 1 aliphatic heterocycles. The van der Waals surface area contributed by atoms with Gasteiger partial charge in [0.2, 0.25) is 11.8 Å². The Bertz CT molecular complexity index is 416. The first-order chi connectivity index (χ1) is 9.10. The van der Waals surface area contributed by atoms with E-state index in [2.05, 4.69) is 13.8 Å². The van der Waals surface area contributed by atoms with E-state index >= 15 is 0 Å². The second kappa shape index (κ2) is 4.93. The molecule has 2 fully saturated rings. The summed E-state index contributed by atoms with van der Waals surface area (Å²) in [7, 11) is 0. The fourth-order valence-electron chi connectivity index (χ4n) is 2.99. The van der Waals surface area contributed by atoms with Gasteiger partial charge in [-0.3, -0.25) is 9.59 Å². The summed E-state index contributed by atoms with van der Waals surface area (Å²) in [6.07, 6.45) is -2.79. The highest BCUT2D eigenvalue weighted by Gasteiger charge is 2.54.